The van der Waals surface area contributed by atoms with Crippen LogP contribution >= 0.6 is 23.4 Å². The lowest BCUT2D eigenvalue weighted by Crippen LogP contribution is -2.27. The zero-order valence-electron chi connectivity index (χ0n) is 14.8. The van der Waals surface area contributed by atoms with Crippen molar-refractivity contribution < 1.29 is 4.79 Å². The molecular formula is C19H27ClN2OS. The summed E-state index contributed by atoms with van der Waals surface area (Å²) in [5, 5.41) is 5.06. The van der Waals surface area contributed by atoms with Gasteiger partial charge in [-0.25, -0.2) is 5.43 Å². The van der Waals surface area contributed by atoms with E-state index in [9.17, 15) is 4.79 Å². The predicted molar refractivity (Wildman–Crippen MR) is 104 cm³/mol. The fourth-order valence-electron chi connectivity index (χ4n) is 2.92. The second kappa shape index (κ2) is 8.91. The van der Waals surface area contributed by atoms with E-state index in [0.29, 0.717) is 11.8 Å². The lowest BCUT2D eigenvalue weighted by atomic mass is 9.72. The number of carbonyl (C=O) groups excluding carboxylic acids is 1. The van der Waals surface area contributed by atoms with Crippen molar-refractivity contribution in [3.63, 3.8) is 0 Å². The van der Waals surface area contributed by atoms with Crippen molar-refractivity contribution in [2.45, 2.75) is 57.8 Å². The third kappa shape index (κ3) is 6.48. The molecule has 1 aliphatic carbocycles. The van der Waals surface area contributed by atoms with Gasteiger partial charge in [-0.15, -0.1) is 11.8 Å². The maximum atomic E-state index is 11.9. The fourth-order valence-corrected chi connectivity index (χ4v) is 3.90. The number of halogens is 1. The quantitative estimate of drug-likeness (QED) is 0.549. The Kier molecular flexibility index (Phi) is 7.17. The van der Waals surface area contributed by atoms with Gasteiger partial charge in [0.15, 0.2) is 0 Å². The molecule has 1 aromatic rings. The van der Waals surface area contributed by atoms with Gasteiger partial charge in [0.25, 0.3) is 0 Å². The minimum atomic E-state index is -0.0121. The van der Waals surface area contributed by atoms with E-state index in [4.69, 9.17) is 11.6 Å². The van der Waals surface area contributed by atoms with E-state index in [1.165, 1.54) is 12.8 Å². The molecule has 1 amide bonds. The number of benzene rings is 1. The molecule has 1 fully saturated rings. The number of amides is 1. The molecule has 24 heavy (non-hydrogen) atoms. The molecule has 5 heteroatoms. The minimum Gasteiger partial charge on any atom is -0.273 e. The van der Waals surface area contributed by atoms with Gasteiger partial charge in [-0.3, -0.25) is 4.79 Å². The first-order valence-electron chi connectivity index (χ1n) is 8.57. The summed E-state index contributed by atoms with van der Waals surface area (Å²) in [6, 6.07) is 7.67. The molecule has 1 N–H and O–H groups in total. The van der Waals surface area contributed by atoms with Gasteiger partial charge in [-0.05, 0) is 61.3 Å². The van der Waals surface area contributed by atoms with E-state index < -0.39 is 0 Å². The molecule has 0 atom stereocenters. The minimum absolute atomic E-state index is 0.0121. The molecule has 132 valence electrons. The molecule has 0 saturated heterocycles. The summed E-state index contributed by atoms with van der Waals surface area (Å²) in [6.45, 7) is 6.92. The highest BCUT2D eigenvalue weighted by Crippen LogP contribution is 2.36. The number of nitrogens with one attached hydrogen (secondary N) is 1. The molecule has 1 aliphatic rings. The van der Waals surface area contributed by atoms with Crippen LogP contribution in [-0.4, -0.2) is 17.4 Å². The number of carbonyl (C=O) groups is 1. The van der Waals surface area contributed by atoms with Crippen molar-refractivity contribution in [3.8, 4) is 0 Å². The maximum absolute atomic E-state index is 11.9. The Hall–Kier alpha value is -1.00. The van der Waals surface area contributed by atoms with Crippen molar-refractivity contribution >= 4 is 35.0 Å². The molecule has 0 heterocycles. The number of thioether (sulfide) groups is 1. The SMILES string of the molecule is CC(C)(C)C1CCC(=NNC(=O)CCSc2ccc(Cl)cc2)CC1. The van der Waals surface area contributed by atoms with Crippen molar-refractivity contribution in [1.29, 1.82) is 0 Å². The molecule has 1 saturated carbocycles. The number of hydrogen-bond acceptors (Lipinski definition) is 3. The highest BCUT2D eigenvalue weighted by Gasteiger charge is 2.28. The lowest BCUT2D eigenvalue weighted by Gasteiger charge is -2.34. The molecule has 0 spiro atoms. The van der Waals surface area contributed by atoms with Crippen molar-refractivity contribution in [2.75, 3.05) is 5.75 Å². The molecule has 0 aromatic heterocycles. The first-order chi connectivity index (χ1) is 11.3. The molecule has 0 aliphatic heterocycles. The number of rotatable bonds is 5. The fraction of sp³-hybridized carbons (Fsp3) is 0.579. The standard InChI is InChI=1S/C19H27ClN2OS/c1-19(2,3)14-4-8-16(9-5-14)21-22-18(23)12-13-24-17-10-6-15(20)7-11-17/h6-7,10-11,14H,4-5,8-9,12-13H2,1-3H3,(H,22,23). The molecule has 3 nitrogen and oxygen atoms in total. The van der Waals surface area contributed by atoms with Crippen LogP contribution in [0.3, 0.4) is 0 Å². The molecule has 0 radical (unpaired) electrons. The van der Waals surface area contributed by atoms with E-state index in [1.54, 1.807) is 11.8 Å². The van der Waals surface area contributed by atoms with Crippen LogP contribution < -0.4 is 5.43 Å². The Morgan fingerprint density at radius 1 is 1.25 bits per heavy atom. The topological polar surface area (TPSA) is 41.5 Å². The normalized spacial score (nSPS) is 18.3. The van der Waals surface area contributed by atoms with Gasteiger partial charge in [0.2, 0.25) is 5.91 Å². The zero-order valence-corrected chi connectivity index (χ0v) is 16.3. The smallest absolute Gasteiger partial charge is 0.240 e. The molecule has 2 rings (SSSR count). The molecule has 0 bridgehead atoms. The molecule has 0 unspecified atom stereocenters. The third-order valence-electron chi connectivity index (χ3n) is 4.54. The van der Waals surface area contributed by atoms with Gasteiger partial charge in [-0.2, -0.15) is 5.10 Å². The largest absolute Gasteiger partial charge is 0.273 e. The van der Waals surface area contributed by atoms with Crippen LogP contribution in [0, 0.1) is 11.3 Å². The summed E-state index contributed by atoms with van der Waals surface area (Å²) in [4.78, 5) is 13.0. The summed E-state index contributed by atoms with van der Waals surface area (Å²) in [6.07, 6.45) is 4.81. The summed E-state index contributed by atoms with van der Waals surface area (Å²) in [5.41, 5.74) is 4.22. The van der Waals surface area contributed by atoms with Crippen LogP contribution in [0.1, 0.15) is 52.9 Å². The van der Waals surface area contributed by atoms with Gasteiger partial charge in [-0.1, -0.05) is 32.4 Å². The second-order valence-corrected chi connectivity index (χ2v) is 9.01. The van der Waals surface area contributed by atoms with Gasteiger partial charge >= 0.3 is 0 Å². The van der Waals surface area contributed by atoms with Gasteiger partial charge < -0.3 is 0 Å². The first kappa shape index (κ1) is 19.3. The van der Waals surface area contributed by atoms with Crippen molar-refractivity contribution in [3.05, 3.63) is 29.3 Å². The number of hydrazone groups is 1. The van der Waals surface area contributed by atoms with Gasteiger partial charge in [0.05, 0.1) is 0 Å². The van der Waals surface area contributed by atoms with E-state index in [0.717, 1.165) is 40.1 Å². The van der Waals surface area contributed by atoms with Crippen molar-refractivity contribution in [1.82, 2.24) is 5.43 Å². The first-order valence-corrected chi connectivity index (χ1v) is 9.93. The Bertz CT molecular complexity index is 568. The van der Waals surface area contributed by atoms with Crippen molar-refractivity contribution in [2.24, 2.45) is 16.4 Å². The summed E-state index contributed by atoms with van der Waals surface area (Å²) < 4.78 is 0. The Labute approximate surface area is 154 Å². The highest BCUT2D eigenvalue weighted by molar-refractivity contribution is 7.99. The van der Waals surface area contributed by atoms with E-state index in [2.05, 4.69) is 31.3 Å². The maximum Gasteiger partial charge on any atom is 0.240 e. The molecule has 1 aromatic carbocycles. The number of nitrogens with zero attached hydrogens (tertiary/aromatic N) is 1. The predicted octanol–water partition coefficient (Wildman–Crippen LogP) is 5.53. The molecular weight excluding hydrogens is 340 g/mol. The summed E-state index contributed by atoms with van der Waals surface area (Å²) in [5.74, 6) is 1.48. The van der Waals surface area contributed by atoms with Crippen LogP contribution in [0.25, 0.3) is 0 Å². The second-order valence-electron chi connectivity index (χ2n) is 7.41. The van der Waals surface area contributed by atoms with E-state index in [1.807, 2.05) is 24.3 Å². The van der Waals surface area contributed by atoms with E-state index in [-0.39, 0.29) is 5.91 Å². The Morgan fingerprint density at radius 2 is 1.88 bits per heavy atom. The summed E-state index contributed by atoms with van der Waals surface area (Å²) >= 11 is 7.51. The van der Waals surface area contributed by atoms with Crippen LogP contribution in [0.5, 0.6) is 0 Å². The average Bonchev–Trinajstić information content (AvgIpc) is 2.54. The summed E-state index contributed by atoms with van der Waals surface area (Å²) in [7, 11) is 0. The monoisotopic (exact) mass is 366 g/mol. The zero-order chi connectivity index (χ0) is 17.6. The third-order valence-corrected chi connectivity index (χ3v) is 5.80. The lowest BCUT2D eigenvalue weighted by molar-refractivity contribution is -0.120. The highest BCUT2D eigenvalue weighted by atomic mass is 35.5. The Balaban J connectivity index is 1.67. The van der Waals surface area contributed by atoms with Crippen LogP contribution in [0.2, 0.25) is 5.02 Å². The average molecular weight is 367 g/mol. The van der Waals surface area contributed by atoms with Gasteiger partial charge in [0, 0.05) is 27.8 Å². The van der Waals surface area contributed by atoms with E-state index >= 15 is 0 Å². The Morgan fingerprint density at radius 3 is 2.46 bits per heavy atom. The van der Waals surface area contributed by atoms with Crippen LogP contribution in [0.15, 0.2) is 34.3 Å². The van der Waals surface area contributed by atoms with Gasteiger partial charge in [0.1, 0.15) is 0 Å². The number of hydrogen-bond donors (Lipinski definition) is 1. The van der Waals surface area contributed by atoms with Crippen LogP contribution in [0.4, 0.5) is 0 Å². The van der Waals surface area contributed by atoms with Crippen LogP contribution in [-0.2, 0) is 4.79 Å².